The number of aliphatic hydroxyl groups is 1. The molecule has 1 heteroatoms. The molecule has 106 valence electrons. The summed E-state index contributed by atoms with van der Waals surface area (Å²) in [5, 5.41) is 11.0. The first-order valence-corrected chi connectivity index (χ1v) is 7.52. The molecule has 2 aromatic carbocycles. The second-order valence-electron chi connectivity index (χ2n) is 5.65. The van der Waals surface area contributed by atoms with Crippen LogP contribution in [0.2, 0.25) is 0 Å². The second-order valence-corrected chi connectivity index (χ2v) is 5.65. The summed E-state index contributed by atoms with van der Waals surface area (Å²) in [4.78, 5) is 0. The number of hydrogen-bond acceptors (Lipinski definition) is 1. The van der Waals surface area contributed by atoms with Gasteiger partial charge in [-0.2, -0.15) is 0 Å². The maximum atomic E-state index is 11.0. The van der Waals surface area contributed by atoms with E-state index in [1.165, 1.54) is 11.1 Å². The number of rotatable bonds is 7. The molecule has 0 aliphatic carbocycles. The van der Waals surface area contributed by atoms with Gasteiger partial charge in [0, 0.05) is 12.8 Å². The Morgan fingerprint density at radius 3 is 1.65 bits per heavy atom. The molecule has 0 bridgehead atoms. The van der Waals surface area contributed by atoms with Crippen molar-refractivity contribution in [1.29, 1.82) is 0 Å². The SMILES string of the molecule is CCCCC(O)(Cc1ccccc1)Cc1ccccc1. The molecule has 2 aromatic rings. The van der Waals surface area contributed by atoms with Crippen molar-refractivity contribution < 1.29 is 5.11 Å². The Balaban J connectivity index is 2.12. The van der Waals surface area contributed by atoms with Gasteiger partial charge in [-0.15, -0.1) is 0 Å². The van der Waals surface area contributed by atoms with Gasteiger partial charge in [0.15, 0.2) is 0 Å². The molecule has 0 saturated carbocycles. The zero-order valence-corrected chi connectivity index (χ0v) is 12.3. The van der Waals surface area contributed by atoms with Crippen LogP contribution in [-0.2, 0) is 12.8 Å². The zero-order valence-electron chi connectivity index (χ0n) is 12.3. The third-order valence-corrected chi connectivity index (χ3v) is 3.75. The van der Waals surface area contributed by atoms with Crippen LogP contribution in [0.15, 0.2) is 60.7 Å². The Hall–Kier alpha value is -1.60. The lowest BCUT2D eigenvalue weighted by Crippen LogP contribution is -2.34. The van der Waals surface area contributed by atoms with Gasteiger partial charge in [-0.05, 0) is 17.5 Å². The van der Waals surface area contributed by atoms with E-state index in [4.69, 9.17) is 0 Å². The first-order valence-electron chi connectivity index (χ1n) is 7.52. The van der Waals surface area contributed by atoms with Crippen LogP contribution >= 0.6 is 0 Å². The van der Waals surface area contributed by atoms with Gasteiger partial charge in [0.25, 0.3) is 0 Å². The summed E-state index contributed by atoms with van der Waals surface area (Å²) >= 11 is 0. The van der Waals surface area contributed by atoms with Crippen molar-refractivity contribution in [1.82, 2.24) is 0 Å². The Bertz CT molecular complexity index is 448. The molecule has 0 heterocycles. The van der Waals surface area contributed by atoms with E-state index in [0.29, 0.717) is 0 Å². The lowest BCUT2D eigenvalue weighted by Gasteiger charge is -2.28. The number of benzene rings is 2. The summed E-state index contributed by atoms with van der Waals surface area (Å²) in [5.74, 6) is 0. The van der Waals surface area contributed by atoms with Crippen molar-refractivity contribution in [3.8, 4) is 0 Å². The van der Waals surface area contributed by atoms with Crippen LogP contribution in [0.1, 0.15) is 37.3 Å². The fourth-order valence-electron chi connectivity index (χ4n) is 2.70. The van der Waals surface area contributed by atoms with Gasteiger partial charge in [0.2, 0.25) is 0 Å². The lowest BCUT2D eigenvalue weighted by atomic mass is 9.84. The maximum Gasteiger partial charge on any atom is 0.0728 e. The normalized spacial score (nSPS) is 11.5. The highest BCUT2D eigenvalue weighted by Gasteiger charge is 2.26. The van der Waals surface area contributed by atoms with E-state index in [0.717, 1.165) is 32.1 Å². The van der Waals surface area contributed by atoms with Crippen LogP contribution in [0.4, 0.5) is 0 Å². The first kappa shape index (κ1) is 14.8. The van der Waals surface area contributed by atoms with Gasteiger partial charge in [0.05, 0.1) is 5.60 Å². The third-order valence-electron chi connectivity index (χ3n) is 3.75. The lowest BCUT2D eigenvalue weighted by molar-refractivity contribution is 0.0298. The van der Waals surface area contributed by atoms with E-state index < -0.39 is 5.60 Å². The average Bonchev–Trinajstić information content (AvgIpc) is 2.47. The van der Waals surface area contributed by atoms with Gasteiger partial charge >= 0.3 is 0 Å². The topological polar surface area (TPSA) is 20.2 Å². The van der Waals surface area contributed by atoms with Gasteiger partial charge in [-0.25, -0.2) is 0 Å². The Labute approximate surface area is 122 Å². The molecule has 0 atom stereocenters. The monoisotopic (exact) mass is 268 g/mol. The van der Waals surface area contributed by atoms with Crippen LogP contribution in [-0.4, -0.2) is 10.7 Å². The van der Waals surface area contributed by atoms with Crippen LogP contribution in [0, 0.1) is 0 Å². The molecule has 0 unspecified atom stereocenters. The first-order chi connectivity index (χ1) is 9.72. The van der Waals surface area contributed by atoms with Crippen molar-refractivity contribution in [3.63, 3.8) is 0 Å². The fourth-order valence-corrected chi connectivity index (χ4v) is 2.70. The van der Waals surface area contributed by atoms with E-state index in [9.17, 15) is 5.11 Å². The van der Waals surface area contributed by atoms with Gasteiger partial charge in [-0.1, -0.05) is 80.4 Å². The molecule has 0 aliphatic rings. The molecule has 0 amide bonds. The molecular weight excluding hydrogens is 244 g/mol. The number of unbranched alkanes of at least 4 members (excludes halogenated alkanes) is 1. The largest absolute Gasteiger partial charge is 0.389 e. The molecule has 2 rings (SSSR count). The summed E-state index contributed by atoms with van der Waals surface area (Å²) in [5.41, 5.74) is 1.78. The predicted molar refractivity (Wildman–Crippen MR) is 84.8 cm³/mol. The minimum atomic E-state index is -0.640. The minimum absolute atomic E-state index is 0.640. The van der Waals surface area contributed by atoms with Gasteiger partial charge < -0.3 is 5.11 Å². The van der Waals surface area contributed by atoms with Crippen molar-refractivity contribution >= 4 is 0 Å². The molecule has 0 aliphatic heterocycles. The average molecular weight is 268 g/mol. The van der Waals surface area contributed by atoms with E-state index in [1.807, 2.05) is 36.4 Å². The zero-order chi connectivity index (χ0) is 14.3. The molecule has 0 spiro atoms. The van der Waals surface area contributed by atoms with Crippen molar-refractivity contribution in [2.24, 2.45) is 0 Å². The Kier molecular flexibility index (Phi) is 5.37. The minimum Gasteiger partial charge on any atom is -0.389 e. The highest BCUT2D eigenvalue weighted by atomic mass is 16.3. The standard InChI is InChI=1S/C19H24O/c1-2-3-14-19(20,15-17-10-6-4-7-11-17)16-18-12-8-5-9-13-18/h4-13,20H,2-3,14-16H2,1H3. The smallest absolute Gasteiger partial charge is 0.0728 e. The molecule has 0 radical (unpaired) electrons. The van der Waals surface area contributed by atoms with Crippen molar-refractivity contribution in [2.45, 2.75) is 44.6 Å². The molecule has 1 N–H and O–H groups in total. The summed E-state index contributed by atoms with van der Waals surface area (Å²) in [6, 6.07) is 20.6. The Morgan fingerprint density at radius 2 is 1.25 bits per heavy atom. The Morgan fingerprint density at radius 1 is 0.800 bits per heavy atom. The quantitative estimate of drug-likeness (QED) is 0.789. The molecule has 0 saturated heterocycles. The van der Waals surface area contributed by atoms with E-state index in [2.05, 4.69) is 31.2 Å². The van der Waals surface area contributed by atoms with Crippen molar-refractivity contribution in [2.75, 3.05) is 0 Å². The summed E-state index contributed by atoms with van der Waals surface area (Å²) in [6.07, 6.45) is 4.49. The third kappa shape index (κ3) is 4.50. The van der Waals surface area contributed by atoms with E-state index >= 15 is 0 Å². The molecule has 1 nitrogen and oxygen atoms in total. The molecule has 20 heavy (non-hydrogen) atoms. The summed E-state index contributed by atoms with van der Waals surface area (Å²) < 4.78 is 0. The molecular formula is C19H24O. The second kappa shape index (κ2) is 7.25. The molecule has 0 fully saturated rings. The van der Waals surface area contributed by atoms with E-state index in [-0.39, 0.29) is 0 Å². The number of hydrogen-bond donors (Lipinski definition) is 1. The van der Waals surface area contributed by atoms with Crippen LogP contribution in [0.25, 0.3) is 0 Å². The highest BCUT2D eigenvalue weighted by molar-refractivity contribution is 5.21. The predicted octanol–water partition coefficient (Wildman–Crippen LogP) is 4.39. The summed E-state index contributed by atoms with van der Waals surface area (Å²) in [7, 11) is 0. The van der Waals surface area contributed by atoms with Gasteiger partial charge in [0.1, 0.15) is 0 Å². The fraction of sp³-hybridized carbons (Fsp3) is 0.368. The summed E-state index contributed by atoms with van der Waals surface area (Å²) in [6.45, 7) is 2.17. The van der Waals surface area contributed by atoms with Crippen LogP contribution in [0.3, 0.4) is 0 Å². The van der Waals surface area contributed by atoms with E-state index in [1.54, 1.807) is 0 Å². The van der Waals surface area contributed by atoms with Crippen LogP contribution in [0.5, 0.6) is 0 Å². The molecule has 0 aromatic heterocycles. The van der Waals surface area contributed by atoms with Crippen molar-refractivity contribution in [3.05, 3.63) is 71.8 Å². The van der Waals surface area contributed by atoms with Gasteiger partial charge in [-0.3, -0.25) is 0 Å². The van der Waals surface area contributed by atoms with Crippen LogP contribution < -0.4 is 0 Å². The highest BCUT2D eigenvalue weighted by Crippen LogP contribution is 2.25. The maximum absolute atomic E-state index is 11.0.